The summed E-state index contributed by atoms with van der Waals surface area (Å²) in [7, 11) is -1.76. The first-order chi connectivity index (χ1) is 12.9. The third kappa shape index (κ3) is 3.26. The summed E-state index contributed by atoms with van der Waals surface area (Å²) in [4.78, 5) is 2.13. The van der Waals surface area contributed by atoms with Crippen LogP contribution in [0.3, 0.4) is 0 Å². The van der Waals surface area contributed by atoms with Crippen molar-refractivity contribution < 1.29 is 13.2 Å². The SMILES string of the molecule is CO[C@@H]1CCC[C@]12CCCN(S(=O)(=O)c1cc(-c3cc(C)[nH]n3)sc1C)C2. The summed E-state index contributed by atoms with van der Waals surface area (Å²) in [6.45, 7) is 4.98. The second-order valence-corrected chi connectivity index (χ2v) is 11.1. The van der Waals surface area contributed by atoms with Crippen LogP contribution in [0.15, 0.2) is 17.0 Å². The molecule has 2 aliphatic rings. The molecule has 1 spiro atoms. The summed E-state index contributed by atoms with van der Waals surface area (Å²) in [5.41, 5.74) is 1.74. The Morgan fingerprint density at radius 3 is 2.78 bits per heavy atom. The molecular formula is C19H27N3O3S2. The first-order valence-electron chi connectivity index (χ1n) is 9.51. The van der Waals surface area contributed by atoms with Crippen LogP contribution in [0.5, 0.6) is 0 Å². The van der Waals surface area contributed by atoms with E-state index >= 15 is 0 Å². The van der Waals surface area contributed by atoms with E-state index in [9.17, 15) is 8.42 Å². The Balaban J connectivity index is 1.64. The van der Waals surface area contributed by atoms with Gasteiger partial charge in [0.15, 0.2) is 0 Å². The topological polar surface area (TPSA) is 75.3 Å². The van der Waals surface area contributed by atoms with E-state index < -0.39 is 10.0 Å². The molecule has 2 aromatic heterocycles. The van der Waals surface area contributed by atoms with E-state index in [4.69, 9.17) is 4.74 Å². The van der Waals surface area contributed by atoms with Crippen molar-refractivity contribution in [2.45, 2.75) is 57.0 Å². The first kappa shape index (κ1) is 19.1. The van der Waals surface area contributed by atoms with Crippen molar-refractivity contribution in [1.29, 1.82) is 0 Å². The normalized spacial score (nSPS) is 26.9. The average Bonchev–Trinajstić information content (AvgIpc) is 3.34. The lowest BCUT2D eigenvalue weighted by Crippen LogP contribution is -2.49. The smallest absolute Gasteiger partial charge is 0.244 e. The molecule has 1 aliphatic heterocycles. The van der Waals surface area contributed by atoms with Crippen molar-refractivity contribution in [2.75, 3.05) is 20.2 Å². The van der Waals surface area contributed by atoms with Crippen molar-refractivity contribution in [3.8, 4) is 10.6 Å². The summed E-state index contributed by atoms with van der Waals surface area (Å²) in [6, 6.07) is 3.73. The Hall–Kier alpha value is -1.22. The second kappa shape index (κ2) is 6.99. The maximum atomic E-state index is 13.5. The molecule has 0 amide bonds. The van der Waals surface area contributed by atoms with Crippen LogP contribution in [0.1, 0.15) is 42.7 Å². The van der Waals surface area contributed by atoms with Gasteiger partial charge in [0.1, 0.15) is 5.69 Å². The zero-order valence-electron chi connectivity index (χ0n) is 16.1. The summed E-state index contributed by atoms with van der Waals surface area (Å²) in [5.74, 6) is 0. The van der Waals surface area contributed by atoms with Crippen molar-refractivity contribution in [3.63, 3.8) is 0 Å². The molecule has 4 rings (SSSR count). The first-order valence-corrected chi connectivity index (χ1v) is 11.8. The van der Waals surface area contributed by atoms with Gasteiger partial charge in [0.25, 0.3) is 0 Å². The highest BCUT2D eigenvalue weighted by Gasteiger charge is 2.48. The number of aryl methyl sites for hydroxylation is 2. The van der Waals surface area contributed by atoms with E-state index in [0.717, 1.165) is 53.2 Å². The largest absolute Gasteiger partial charge is 0.381 e. The van der Waals surface area contributed by atoms with Gasteiger partial charge in [0, 0.05) is 36.2 Å². The monoisotopic (exact) mass is 409 g/mol. The fraction of sp³-hybridized carbons (Fsp3) is 0.632. The molecule has 2 fully saturated rings. The molecule has 1 saturated carbocycles. The molecule has 1 saturated heterocycles. The molecule has 27 heavy (non-hydrogen) atoms. The Bertz CT molecular complexity index is 934. The molecule has 148 valence electrons. The van der Waals surface area contributed by atoms with E-state index in [1.165, 1.54) is 11.3 Å². The molecule has 0 bridgehead atoms. The quantitative estimate of drug-likeness (QED) is 0.835. The zero-order valence-corrected chi connectivity index (χ0v) is 17.8. The Labute approximate surface area is 165 Å². The highest BCUT2D eigenvalue weighted by Crippen LogP contribution is 2.47. The lowest BCUT2D eigenvalue weighted by atomic mass is 9.77. The van der Waals surface area contributed by atoms with Gasteiger partial charge in [-0.25, -0.2) is 8.42 Å². The molecule has 1 N–H and O–H groups in total. The van der Waals surface area contributed by atoms with Crippen LogP contribution in [-0.4, -0.2) is 49.2 Å². The van der Waals surface area contributed by atoms with E-state index in [2.05, 4.69) is 10.2 Å². The molecular weight excluding hydrogens is 382 g/mol. The van der Waals surface area contributed by atoms with Crippen LogP contribution >= 0.6 is 11.3 Å². The van der Waals surface area contributed by atoms with Gasteiger partial charge < -0.3 is 4.74 Å². The summed E-state index contributed by atoms with van der Waals surface area (Å²) < 4.78 is 34.3. The van der Waals surface area contributed by atoms with Crippen molar-refractivity contribution >= 4 is 21.4 Å². The number of nitrogens with zero attached hydrogens (tertiary/aromatic N) is 2. The second-order valence-electron chi connectivity index (χ2n) is 7.89. The number of aromatic amines is 1. The predicted molar refractivity (Wildman–Crippen MR) is 106 cm³/mol. The van der Waals surface area contributed by atoms with E-state index in [0.29, 0.717) is 18.0 Å². The molecule has 6 nitrogen and oxygen atoms in total. The molecule has 0 radical (unpaired) electrons. The fourth-order valence-electron chi connectivity index (χ4n) is 4.79. The molecule has 1 aliphatic carbocycles. The molecule has 8 heteroatoms. The lowest BCUT2D eigenvalue weighted by molar-refractivity contribution is -0.0184. The molecule has 0 aromatic carbocycles. The highest BCUT2D eigenvalue weighted by atomic mass is 32.2. The van der Waals surface area contributed by atoms with E-state index in [1.807, 2.05) is 19.9 Å². The number of hydrogen-bond acceptors (Lipinski definition) is 5. The Kier molecular flexibility index (Phi) is 4.95. The van der Waals surface area contributed by atoms with Crippen LogP contribution in [0.4, 0.5) is 0 Å². The van der Waals surface area contributed by atoms with Crippen molar-refractivity contribution in [2.24, 2.45) is 5.41 Å². The predicted octanol–water partition coefficient (Wildman–Crippen LogP) is 3.72. The highest BCUT2D eigenvalue weighted by molar-refractivity contribution is 7.89. The number of aromatic nitrogens is 2. The number of thiophene rings is 1. The third-order valence-electron chi connectivity index (χ3n) is 6.13. The minimum Gasteiger partial charge on any atom is -0.381 e. The van der Waals surface area contributed by atoms with Crippen molar-refractivity contribution in [1.82, 2.24) is 14.5 Å². The zero-order chi connectivity index (χ0) is 19.2. The van der Waals surface area contributed by atoms with Gasteiger partial charge >= 0.3 is 0 Å². The summed E-state index contributed by atoms with van der Waals surface area (Å²) >= 11 is 1.49. The van der Waals surface area contributed by atoms with Gasteiger partial charge in [-0.2, -0.15) is 9.40 Å². The van der Waals surface area contributed by atoms with Gasteiger partial charge in [0.2, 0.25) is 10.0 Å². The van der Waals surface area contributed by atoms with Gasteiger partial charge in [-0.15, -0.1) is 11.3 Å². The standard InChI is InChI=1S/C19H27N3O3S2/c1-13-10-15(21-20-13)16-11-17(14(2)26-16)27(23,24)22-9-5-8-19(12-22)7-4-6-18(19)25-3/h10-11,18H,4-9,12H2,1-3H3,(H,20,21)/t18-,19-/m1/s1. The number of nitrogens with one attached hydrogen (secondary N) is 1. The Morgan fingerprint density at radius 2 is 2.07 bits per heavy atom. The van der Waals surface area contributed by atoms with E-state index in [-0.39, 0.29) is 11.5 Å². The number of hydrogen-bond donors (Lipinski definition) is 1. The maximum Gasteiger partial charge on any atom is 0.244 e. The van der Waals surface area contributed by atoms with Crippen LogP contribution < -0.4 is 0 Å². The minimum atomic E-state index is -3.52. The van der Waals surface area contributed by atoms with Crippen LogP contribution in [0.2, 0.25) is 0 Å². The number of sulfonamides is 1. The maximum absolute atomic E-state index is 13.5. The van der Waals surface area contributed by atoms with Crippen LogP contribution in [-0.2, 0) is 14.8 Å². The molecule has 3 heterocycles. The Morgan fingerprint density at radius 1 is 1.30 bits per heavy atom. The summed E-state index contributed by atoms with van der Waals surface area (Å²) in [6.07, 6.45) is 5.32. The average molecular weight is 410 g/mol. The number of H-pyrrole nitrogens is 1. The third-order valence-corrected chi connectivity index (χ3v) is 9.30. The summed E-state index contributed by atoms with van der Waals surface area (Å²) in [5, 5.41) is 7.20. The number of piperidine rings is 1. The van der Waals surface area contributed by atoms with Gasteiger partial charge in [-0.05, 0) is 51.7 Å². The lowest BCUT2D eigenvalue weighted by Gasteiger charge is -2.42. The van der Waals surface area contributed by atoms with Crippen LogP contribution in [0, 0.1) is 19.3 Å². The number of rotatable bonds is 4. The van der Waals surface area contributed by atoms with Gasteiger partial charge in [0.05, 0.1) is 15.9 Å². The number of methoxy groups -OCH3 is 1. The molecule has 2 aromatic rings. The van der Waals surface area contributed by atoms with E-state index in [1.54, 1.807) is 17.5 Å². The minimum absolute atomic E-state index is 0.0217. The van der Waals surface area contributed by atoms with Gasteiger partial charge in [-0.1, -0.05) is 6.42 Å². The number of ether oxygens (including phenoxy) is 1. The van der Waals surface area contributed by atoms with Crippen molar-refractivity contribution in [3.05, 3.63) is 22.7 Å². The van der Waals surface area contributed by atoms with Gasteiger partial charge in [-0.3, -0.25) is 5.10 Å². The molecule has 0 unspecified atom stereocenters. The van der Waals surface area contributed by atoms with Crippen LogP contribution in [0.25, 0.3) is 10.6 Å². The fourth-order valence-corrected chi connectivity index (χ4v) is 7.89. The molecule has 2 atom stereocenters.